The lowest BCUT2D eigenvalue weighted by atomic mass is 9.99. The van der Waals surface area contributed by atoms with Crippen molar-refractivity contribution in [3.63, 3.8) is 0 Å². The number of aryl methyl sites for hydroxylation is 1. The topological polar surface area (TPSA) is 61.1 Å². The van der Waals surface area contributed by atoms with Gasteiger partial charge in [0.05, 0.1) is 30.7 Å². The highest BCUT2D eigenvalue weighted by molar-refractivity contribution is 5.87. The van der Waals surface area contributed by atoms with Crippen LogP contribution in [0.1, 0.15) is 29.9 Å². The maximum atomic E-state index is 13.6. The van der Waals surface area contributed by atoms with Crippen LogP contribution in [0.5, 0.6) is 17.2 Å². The molecule has 0 amide bonds. The Balaban J connectivity index is 1.59. The highest BCUT2D eigenvalue weighted by Gasteiger charge is 2.27. The van der Waals surface area contributed by atoms with Gasteiger partial charge in [0.1, 0.15) is 23.8 Å². The molecule has 6 heteroatoms. The van der Waals surface area contributed by atoms with E-state index in [0.29, 0.717) is 47.1 Å². The quantitative estimate of drug-likeness (QED) is 0.383. The van der Waals surface area contributed by atoms with Gasteiger partial charge in [0, 0.05) is 12.6 Å². The monoisotopic (exact) mass is 457 g/mol. The van der Waals surface area contributed by atoms with Gasteiger partial charge in [-0.1, -0.05) is 36.4 Å². The molecule has 5 rings (SSSR count). The van der Waals surface area contributed by atoms with E-state index in [1.807, 2.05) is 37.3 Å². The lowest BCUT2D eigenvalue weighted by Crippen LogP contribution is -2.34. The van der Waals surface area contributed by atoms with Crippen LogP contribution in [-0.4, -0.2) is 25.9 Å². The van der Waals surface area contributed by atoms with Crippen molar-refractivity contribution in [2.75, 3.05) is 21.0 Å². The molecular weight excluding hydrogens is 430 g/mol. The summed E-state index contributed by atoms with van der Waals surface area (Å²) in [7, 11) is 3.16. The third kappa shape index (κ3) is 3.70. The van der Waals surface area contributed by atoms with Gasteiger partial charge in [-0.25, -0.2) is 0 Å². The second-order valence-corrected chi connectivity index (χ2v) is 8.46. The molecule has 1 unspecified atom stereocenters. The Morgan fingerprint density at radius 1 is 0.971 bits per heavy atom. The molecule has 1 atom stereocenters. The SMILES string of the molecule is COc1ccc(-c2c(C)oc3c4c(ccc3c2=O)OCN(C(C)c2ccccc2)C4)cc1OC. The van der Waals surface area contributed by atoms with Crippen LogP contribution in [0.4, 0.5) is 0 Å². The molecule has 6 nitrogen and oxygen atoms in total. The average molecular weight is 458 g/mol. The Labute approximate surface area is 198 Å². The van der Waals surface area contributed by atoms with Gasteiger partial charge in [-0.15, -0.1) is 0 Å². The van der Waals surface area contributed by atoms with Crippen LogP contribution in [0.15, 0.2) is 69.9 Å². The molecular formula is C28H27NO5. The summed E-state index contributed by atoms with van der Waals surface area (Å²) in [6.07, 6.45) is 0. The molecule has 0 saturated carbocycles. The van der Waals surface area contributed by atoms with Crippen LogP contribution >= 0.6 is 0 Å². The normalized spacial score (nSPS) is 14.4. The lowest BCUT2D eigenvalue weighted by molar-refractivity contribution is 0.0620. The van der Waals surface area contributed by atoms with Gasteiger partial charge < -0.3 is 18.6 Å². The Bertz CT molecular complexity index is 1410. The number of hydrogen-bond acceptors (Lipinski definition) is 6. The third-order valence-corrected chi connectivity index (χ3v) is 6.55. The standard InChI is InChI=1S/C28H27NO5/c1-17(19-8-6-5-7-9-19)29-15-22-23(33-16-29)13-11-21-27(30)26(18(2)34-28(21)22)20-10-12-24(31-3)25(14-20)32-4/h5-14,17H,15-16H2,1-4H3. The smallest absolute Gasteiger partial charge is 0.200 e. The summed E-state index contributed by atoms with van der Waals surface area (Å²) >= 11 is 0. The summed E-state index contributed by atoms with van der Waals surface area (Å²) in [6, 6.07) is 19.6. The summed E-state index contributed by atoms with van der Waals surface area (Å²) in [6.45, 7) is 5.08. The fourth-order valence-electron chi connectivity index (χ4n) is 4.61. The van der Waals surface area contributed by atoms with Gasteiger partial charge in [-0.3, -0.25) is 9.69 Å². The van der Waals surface area contributed by atoms with Crippen molar-refractivity contribution in [2.24, 2.45) is 0 Å². The predicted molar refractivity (Wildman–Crippen MR) is 132 cm³/mol. The van der Waals surface area contributed by atoms with Crippen LogP contribution in [0, 0.1) is 6.92 Å². The summed E-state index contributed by atoms with van der Waals surface area (Å²) in [5.41, 5.74) is 3.84. The zero-order valence-electron chi connectivity index (χ0n) is 19.8. The van der Waals surface area contributed by atoms with E-state index in [1.165, 1.54) is 5.56 Å². The molecule has 2 heterocycles. The minimum Gasteiger partial charge on any atom is -0.493 e. The van der Waals surface area contributed by atoms with Gasteiger partial charge in [-0.2, -0.15) is 0 Å². The molecule has 0 radical (unpaired) electrons. The molecule has 0 aliphatic carbocycles. The average Bonchev–Trinajstić information content (AvgIpc) is 2.88. The van der Waals surface area contributed by atoms with Gasteiger partial charge >= 0.3 is 0 Å². The van der Waals surface area contributed by atoms with Crippen molar-refractivity contribution in [1.29, 1.82) is 0 Å². The third-order valence-electron chi connectivity index (χ3n) is 6.55. The molecule has 1 aliphatic heterocycles. The van der Waals surface area contributed by atoms with Crippen LogP contribution in [0.25, 0.3) is 22.1 Å². The predicted octanol–water partition coefficient (Wildman–Crippen LogP) is 5.70. The summed E-state index contributed by atoms with van der Waals surface area (Å²) in [5, 5.41) is 0.534. The van der Waals surface area contributed by atoms with E-state index >= 15 is 0 Å². The van der Waals surface area contributed by atoms with E-state index in [0.717, 1.165) is 16.9 Å². The summed E-state index contributed by atoms with van der Waals surface area (Å²) < 4.78 is 23.1. The lowest BCUT2D eigenvalue weighted by Gasteiger charge is -2.34. The van der Waals surface area contributed by atoms with Crippen molar-refractivity contribution in [2.45, 2.75) is 26.4 Å². The first-order chi connectivity index (χ1) is 16.5. The minimum absolute atomic E-state index is 0.0815. The van der Waals surface area contributed by atoms with E-state index in [9.17, 15) is 4.79 Å². The second kappa shape index (κ2) is 8.88. The van der Waals surface area contributed by atoms with Gasteiger partial charge in [0.2, 0.25) is 5.43 Å². The molecule has 0 fully saturated rings. The fraction of sp³-hybridized carbons (Fsp3) is 0.250. The largest absolute Gasteiger partial charge is 0.493 e. The number of nitrogens with zero attached hydrogens (tertiary/aromatic N) is 1. The number of hydrogen-bond donors (Lipinski definition) is 0. The second-order valence-electron chi connectivity index (χ2n) is 8.46. The van der Waals surface area contributed by atoms with Gasteiger partial charge in [0.15, 0.2) is 11.5 Å². The van der Waals surface area contributed by atoms with Crippen molar-refractivity contribution in [3.8, 4) is 28.4 Å². The van der Waals surface area contributed by atoms with Crippen molar-refractivity contribution in [3.05, 3.63) is 87.8 Å². The summed E-state index contributed by atoms with van der Waals surface area (Å²) in [5.74, 6) is 2.47. The minimum atomic E-state index is -0.0815. The molecule has 1 aromatic heterocycles. The number of fused-ring (bicyclic) bond motifs is 3. The fourth-order valence-corrected chi connectivity index (χ4v) is 4.61. The number of rotatable bonds is 5. The maximum absolute atomic E-state index is 13.6. The zero-order chi connectivity index (χ0) is 23.8. The maximum Gasteiger partial charge on any atom is 0.200 e. The van der Waals surface area contributed by atoms with Crippen molar-refractivity contribution < 1.29 is 18.6 Å². The highest BCUT2D eigenvalue weighted by atomic mass is 16.5. The molecule has 0 spiro atoms. The van der Waals surface area contributed by atoms with Crippen LogP contribution in [0.2, 0.25) is 0 Å². The van der Waals surface area contributed by atoms with E-state index in [1.54, 1.807) is 32.4 Å². The Hall–Kier alpha value is -3.77. The molecule has 174 valence electrons. The first kappa shape index (κ1) is 22.0. The molecule has 1 aliphatic rings. The van der Waals surface area contributed by atoms with Crippen molar-refractivity contribution >= 4 is 11.0 Å². The van der Waals surface area contributed by atoms with E-state index in [2.05, 4.69) is 24.0 Å². The first-order valence-electron chi connectivity index (χ1n) is 11.2. The molecule has 3 aromatic carbocycles. The van der Waals surface area contributed by atoms with E-state index in [-0.39, 0.29) is 11.5 Å². The first-order valence-corrected chi connectivity index (χ1v) is 11.2. The van der Waals surface area contributed by atoms with Gasteiger partial charge in [-0.05, 0) is 49.2 Å². The molecule has 34 heavy (non-hydrogen) atoms. The highest BCUT2D eigenvalue weighted by Crippen LogP contribution is 2.37. The Kier molecular flexibility index (Phi) is 5.75. The van der Waals surface area contributed by atoms with Gasteiger partial charge in [0.25, 0.3) is 0 Å². The van der Waals surface area contributed by atoms with Crippen LogP contribution < -0.4 is 19.6 Å². The molecule has 0 N–H and O–H groups in total. The van der Waals surface area contributed by atoms with E-state index in [4.69, 9.17) is 18.6 Å². The van der Waals surface area contributed by atoms with Crippen molar-refractivity contribution in [1.82, 2.24) is 4.90 Å². The van der Waals surface area contributed by atoms with Crippen LogP contribution in [-0.2, 0) is 6.54 Å². The Morgan fingerprint density at radius 2 is 1.74 bits per heavy atom. The molecule has 4 aromatic rings. The molecule has 0 bridgehead atoms. The number of ether oxygens (including phenoxy) is 3. The Morgan fingerprint density at radius 3 is 2.47 bits per heavy atom. The zero-order valence-corrected chi connectivity index (χ0v) is 19.8. The van der Waals surface area contributed by atoms with E-state index < -0.39 is 0 Å². The number of benzene rings is 3. The molecule has 0 saturated heterocycles. The van der Waals surface area contributed by atoms with Crippen LogP contribution in [0.3, 0.4) is 0 Å². The number of methoxy groups -OCH3 is 2. The summed E-state index contributed by atoms with van der Waals surface area (Å²) in [4.78, 5) is 15.9.